The van der Waals surface area contributed by atoms with Gasteiger partial charge in [-0.25, -0.2) is 4.98 Å². The number of halogens is 1. The lowest BCUT2D eigenvalue weighted by atomic mass is 9.92. The topological polar surface area (TPSA) is 21.1 Å². The highest BCUT2D eigenvalue weighted by molar-refractivity contribution is 6.20. The molecule has 0 bridgehead atoms. The Morgan fingerprint density at radius 2 is 2.00 bits per heavy atom. The van der Waals surface area contributed by atoms with E-state index in [4.69, 9.17) is 16.6 Å². The van der Waals surface area contributed by atoms with Crippen molar-refractivity contribution in [1.29, 1.82) is 0 Å². The third-order valence-corrected chi connectivity index (χ3v) is 3.89. The highest BCUT2D eigenvalue weighted by atomic mass is 35.5. The molecule has 0 saturated carbocycles. The van der Waals surface area contributed by atoms with Gasteiger partial charge >= 0.3 is 0 Å². The number of aromatic nitrogens is 2. The van der Waals surface area contributed by atoms with Gasteiger partial charge in [0.2, 0.25) is 0 Å². The maximum Gasteiger partial charge on any atom is 0.127 e. The van der Waals surface area contributed by atoms with Crippen molar-refractivity contribution in [2.24, 2.45) is 5.41 Å². The molecule has 1 atom stereocenters. The summed E-state index contributed by atoms with van der Waals surface area (Å²) in [5.74, 6) is 0.966. The second-order valence-corrected chi connectivity index (χ2v) is 7.67. The van der Waals surface area contributed by atoms with E-state index in [0.717, 1.165) is 24.4 Å². The van der Waals surface area contributed by atoms with E-state index in [1.165, 1.54) is 11.1 Å². The predicted octanol–water partition coefficient (Wildman–Crippen LogP) is 4.23. The molecular formula is C17H26ClN3. The minimum Gasteiger partial charge on any atom is -0.326 e. The Labute approximate surface area is 132 Å². The highest BCUT2D eigenvalue weighted by Gasteiger charge is 2.24. The summed E-state index contributed by atoms with van der Waals surface area (Å²) >= 11 is 6.37. The number of nitrogens with zero attached hydrogens (tertiary/aromatic N) is 3. The molecule has 0 radical (unpaired) electrons. The fraction of sp³-hybridized carbons (Fsp3) is 0.588. The van der Waals surface area contributed by atoms with Gasteiger partial charge in [0, 0.05) is 13.1 Å². The molecule has 2 rings (SSSR count). The lowest BCUT2D eigenvalue weighted by Gasteiger charge is -2.30. The quantitative estimate of drug-likeness (QED) is 0.771. The second-order valence-electron chi connectivity index (χ2n) is 7.02. The van der Waals surface area contributed by atoms with Crippen molar-refractivity contribution in [3.8, 4) is 0 Å². The summed E-state index contributed by atoms with van der Waals surface area (Å²) in [5, 5.41) is -0.0908. The van der Waals surface area contributed by atoms with Crippen LogP contribution in [0.4, 0.5) is 0 Å². The number of alkyl halides is 1. The van der Waals surface area contributed by atoms with Crippen LogP contribution in [0, 0.1) is 12.3 Å². The molecule has 0 aliphatic rings. The zero-order valence-electron chi connectivity index (χ0n) is 13.9. The number of imidazole rings is 1. The van der Waals surface area contributed by atoms with Gasteiger partial charge in [-0.2, -0.15) is 0 Å². The van der Waals surface area contributed by atoms with Gasteiger partial charge in [-0.1, -0.05) is 26.0 Å². The number of benzene rings is 1. The lowest BCUT2D eigenvalue weighted by Crippen LogP contribution is -2.32. The molecule has 2 aromatic rings. The third kappa shape index (κ3) is 3.58. The smallest absolute Gasteiger partial charge is 0.127 e. The molecule has 0 fully saturated rings. The molecule has 1 heterocycles. The van der Waals surface area contributed by atoms with E-state index in [0.29, 0.717) is 0 Å². The lowest BCUT2D eigenvalue weighted by molar-refractivity contribution is 0.211. The Balaban J connectivity index is 2.51. The summed E-state index contributed by atoms with van der Waals surface area (Å²) < 4.78 is 2.30. The zero-order chi connectivity index (χ0) is 15.8. The van der Waals surface area contributed by atoms with Crippen LogP contribution in [0.3, 0.4) is 0 Å². The van der Waals surface area contributed by atoms with Crippen molar-refractivity contribution in [1.82, 2.24) is 14.5 Å². The van der Waals surface area contributed by atoms with Crippen LogP contribution in [0.1, 0.15) is 37.5 Å². The SMILES string of the molecule is Cc1cccc2c1nc(C(C)Cl)n2CC(C)(C)CN(C)C. The molecule has 0 aliphatic carbocycles. The van der Waals surface area contributed by atoms with E-state index >= 15 is 0 Å². The van der Waals surface area contributed by atoms with Crippen LogP contribution < -0.4 is 0 Å². The van der Waals surface area contributed by atoms with Crippen LogP contribution >= 0.6 is 11.6 Å². The van der Waals surface area contributed by atoms with E-state index in [1.54, 1.807) is 0 Å². The van der Waals surface area contributed by atoms with Crippen LogP contribution in [-0.4, -0.2) is 35.1 Å². The van der Waals surface area contributed by atoms with Crippen LogP contribution in [0.25, 0.3) is 11.0 Å². The Bertz CT molecular complexity index is 626. The van der Waals surface area contributed by atoms with Crippen LogP contribution in [0.5, 0.6) is 0 Å². The molecule has 1 unspecified atom stereocenters. The average molecular weight is 308 g/mol. The highest BCUT2D eigenvalue weighted by Crippen LogP contribution is 2.30. The maximum absolute atomic E-state index is 6.37. The van der Waals surface area contributed by atoms with Crippen LogP contribution in [0.15, 0.2) is 18.2 Å². The molecule has 0 amide bonds. The Morgan fingerprint density at radius 1 is 1.33 bits per heavy atom. The van der Waals surface area contributed by atoms with E-state index in [1.807, 2.05) is 6.92 Å². The molecule has 3 nitrogen and oxygen atoms in total. The molecule has 4 heteroatoms. The van der Waals surface area contributed by atoms with E-state index in [-0.39, 0.29) is 10.8 Å². The van der Waals surface area contributed by atoms with Crippen LogP contribution in [-0.2, 0) is 6.54 Å². The van der Waals surface area contributed by atoms with Gasteiger partial charge in [-0.05, 0) is 45.0 Å². The minimum absolute atomic E-state index is 0.0908. The van der Waals surface area contributed by atoms with E-state index in [9.17, 15) is 0 Å². The fourth-order valence-electron chi connectivity index (χ4n) is 3.11. The first kappa shape index (κ1) is 16.3. The molecular weight excluding hydrogens is 282 g/mol. The minimum atomic E-state index is -0.0908. The Hall–Kier alpha value is -1.06. The first-order valence-corrected chi connectivity index (χ1v) is 7.89. The van der Waals surface area contributed by atoms with Crippen molar-refractivity contribution in [2.75, 3.05) is 20.6 Å². The van der Waals surface area contributed by atoms with E-state index < -0.39 is 0 Å². The third-order valence-electron chi connectivity index (χ3n) is 3.70. The molecule has 1 aromatic carbocycles. The molecule has 0 aliphatic heterocycles. The molecule has 21 heavy (non-hydrogen) atoms. The fourth-order valence-corrected chi connectivity index (χ4v) is 3.28. The van der Waals surface area contributed by atoms with Gasteiger partial charge < -0.3 is 9.47 Å². The summed E-state index contributed by atoms with van der Waals surface area (Å²) in [5.41, 5.74) is 3.61. The summed E-state index contributed by atoms with van der Waals surface area (Å²) in [6, 6.07) is 6.34. The number of rotatable bonds is 5. The van der Waals surface area contributed by atoms with Gasteiger partial charge in [0.1, 0.15) is 5.82 Å². The number of fused-ring (bicyclic) bond motifs is 1. The average Bonchev–Trinajstić information content (AvgIpc) is 2.67. The van der Waals surface area contributed by atoms with Crippen molar-refractivity contribution in [3.63, 3.8) is 0 Å². The standard InChI is InChI=1S/C17H26ClN3/c1-12-8-7-9-14-15(12)19-16(13(2)18)21(14)11-17(3,4)10-20(5)6/h7-9,13H,10-11H2,1-6H3. The van der Waals surface area contributed by atoms with Crippen LogP contribution in [0.2, 0.25) is 0 Å². The normalized spacial score (nSPS) is 14.1. The summed E-state index contributed by atoms with van der Waals surface area (Å²) in [6.45, 7) is 10.6. The molecule has 0 N–H and O–H groups in total. The largest absolute Gasteiger partial charge is 0.326 e. The molecule has 1 aromatic heterocycles. The first-order valence-electron chi connectivity index (χ1n) is 7.46. The van der Waals surface area contributed by atoms with Gasteiger partial charge in [-0.3, -0.25) is 0 Å². The molecule has 116 valence electrons. The summed E-state index contributed by atoms with van der Waals surface area (Å²) in [7, 11) is 4.23. The monoisotopic (exact) mass is 307 g/mol. The molecule has 0 spiro atoms. The van der Waals surface area contributed by atoms with Gasteiger partial charge in [0.25, 0.3) is 0 Å². The Morgan fingerprint density at radius 3 is 2.57 bits per heavy atom. The second kappa shape index (κ2) is 5.98. The van der Waals surface area contributed by atoms with E-state index in [2.05, 4.69) is 62.5 Å². The van der Waals surface area contributed by atoms with Crippen molar-refractivity contribution >= 4 is 22.6 Å². The number of hydrogen-bond acceptors (Lipinski definition) is 2. The molecule has 0 saturated heterocycles. The van der Waals surface area contributed by atoms with Crippen molar-refractivity contribution in [3.05, 3.63) is 29.6 Å². The summed E-state index contributed by atoms with van der Waals surface area (Å²) in [6.07, 6.45) is 0. The predicted molar refractivity (Wildman–Crippen MR) is 91.1 cm³/mol. The number of aryl methyl sites for hydroxylation is 1. The maximum atomic E-state index is 6.37. The number of hydrogen-bond donors (Lipinski definition) is 0. The summed E-state index contributed by atoms with van der Waals surface area (Å²) in [4.78, 5) is 7.02. The zero-order valence-corrected chi connectivity index (χ0v) is 14.7. The van der Waals surface area contributed by atoms with Crippen molar-refractivity contribution < 1.29 is 0 Å². The van der Waals surface area contributed by atoms with Gasteiger partial charge in [0.15, 0.2) is 0 Å². The van der Waals surface area contributed by atoms with Gasteiger partial charge in [0.05, 0.1) is 16.4 Å². The Kier molecular flexibility index (Phi) is 4.64. The number of para-hydroxylation sites is 1. The van der Waals surface area contributed by atoms with Crippen molar-refractivity contribution in [2.45, 2.75) is 39.6 Å². The first-order chi connectivity index (χ1) is 9.71. The van der Waals surface area contributed by atoms with Gasteiger partial charge in [-0.15, -0.1) is 11.6 Å².